The molecule has 2 fully saturated rings. The highest BCUT2D eigenvalue weighted by Gasteiger charge is 2.54. The molecule has 1 saturated carbocycles. The summed E-state index contributed by atoms with van der Waals surface area (Å²) in [5.41, 5.74) is 2.39. The van der Waals surface area contributed by atoms with E-state index < -0.39 is 11.6 Å². The molecule has 1 N–H and O–H groups in total. The number of carbonyl (C=O) groups excluding carboxylic acids is 2. The molecule has 1 saturated heterocycles. The van der Waals surface area contributed by atoms with Gasteiger partial charge in [-0.1, -0.05) is 6.07 Å². The van der Waals surface area contributed by atoms with Gasteiger partial charge in [-0.05, 0) is 69.7 Å². The van der Waals surface area contributed by atoms with Gasteiger partial charge in [-0.3, -0.25) is 14.5 Å². The lowest BCUT2D eigenvalue weighted by Crippen LogP contribution is -2.69. The Bertz CT molecular complexity index is 621. The second-order valence-electron chi connectivity index (χ2n) is 6.59. The Balaban J connectivity index is 2.03. The highest BCUT2D eigenvalue weighted by molar-refractivity contribution is 6.10. The van der Waals surface area contributed by atoms with Crippen LogP contribution in [0, 0.1) is 19.8 Å². The maximum atomic E-state index is 13.0. The van der Waals surface area contributed by atoms with E-state index in [4.69, 9.17) is 0 Å². The van der Waals surface area contributed by atoms with Crippen LogP contribution in [-0.2, 0) is 9.59 Å². The minimum absolute atomic E-state index is 0.0142. The van der Waals surface area contributed by atoms with Crippen molar-refractivity contribution in [2.75, 3.05) is 4.90 Å². The third kappa shape index (κ3) is 2.13. The molecule has 0 radical (unpaired) electrons. The quantitative estimate of drug-likeness (QED) is 0.907. The maximum Gasteiger partial charge on any atom is 0.253 e. The fourth-order valence-electron chi connectivity index (χ4n) is 3.11. The number of hydrogen-bond donors (Lipinski definition) is 1. The van der Waals surface area contributed by atoms with Gasteiger partial charge in [0.2, 0.25) is 5.91 Å². The predicted octanol–water partition coefficient (Wildman–Crippen LogP) is 2.32. The van der Waals surface area contributed by atoms with Crippen LogP contribution in [0.3, 0.4) is 0 Å². The summed E-state index contributed by atoms with van der Waals surface area (Å²) in [7, 11) is 0. The summed E-state index contributed by atoms with van der Waals surface area (Å²) in [5.74, 6) is 0.220. The van der Waals surface area contributed by atoms with Crippen LogP contribution in [0.25, 0.3) is 0 Å². The van der Waals surface area contributed by atoms with Crippen molar-refractivity contribution < 1.29 is 9.59 Å². The zero-order valence-electron chi connectivity index (χ0n) is 13.1. The Hall–Kier alpha value is -1.84. The van der Waals surface area contributed by atoms with E-state index >= 15 is 0 Å². The number of aryl methyl sites for hydroxylation is 2. The second-order valence-corrected chi connectivity index (χ2v) is 6.59. The number of benzene rings is 1. The zero-order chi connectivity index (χ0) is 15.4. The number of carbonyl (C=O) groups is 2. The summed E-state index contributed by atoms with van der Waals surface area (Å²) < 4.78 is 0. The third-order valence-corrected chi connectivity index (χ3v) is 4.98. The van der Waals surface area contributed by atoms with E-state index in [9.17, 15) is 9.59 Å². The van der Waals surface area contributed by atoms with Crippen molar-refractivity contribution in [3.8, 4) is 0 Å². The first-order valence-corrected chi connectivity index (χ1v) is 7.57. The first kappa shape index (κ1) is 14.1. The fourth-order valence-corrected chi connectivity index (χ4v) is 3.11. The van der Waals surface area contributed by atoms with Gasteiger partial charge in [-0.15, -0.1) is 0 Å². The minimum Gasteiger partial charge on any atom is -0.340 e. The van der Waals surface area contributed by atoms with Crippen LogP contribution in [0.2, 0.25) is 0 Å². The number of anilines is 1. The minimum atomic E-state index is -0.748. The van der Waals surface area contributed by atoms with Gasteiger partial charge < -0.3 is 5.32 Å². The molecule has 0 bridgehead atoms. The standard InChI is InChI=1S/C17H22N2O2/c1-10-5-8-14(9-11(10)2)19-12(3)15(20)18-17(4,16(19)21)13-6-7-13/h5,8-9,12-13H,6-7H2,1-4H3,(H,18,20). The van der Waals surface area contributed by atoms with Gasteiger partial charge in [0, 0.05) is 5.69 Å². The van der Waals surface area contributed by atoms with Crippen molar-refractivity contribution >= 4 is 17.5 Å². The molecule has 21 heavy (non-hydrogen) atoms. The van der Waals surface area contributed by atoms with Crippen LogP contribution in [-0.4, -0.2) is 23.4 Å². The van der Waals surface area contributed by atoms with Crippen LogP contribution >= 0.6 is 0 Å². The van der Waals surface area contributed by atoms with Crippen LogP contribution < -0.4 is 10.2 Å². The second kappa shape index (κ2) is 4.58. The van der Waals surface area contributed by atoms with E-state index in [0.29, 0.717) is 0 Å². The largest absolute Gasteiger partial charge is 0.340 e. The van der Waals surface area contributed by atoms with Crippen molar-refractivity contribution in [3.05, 3.63) is 29.3 Å². The summed E-state index contributed by atoms with van der Waals surface area (Å²) in [6.07, 6.45) is 2.02. The molecule has 0 aromatic heterocycles. The van der Waals surface area contributed by atoms with E-state index in [1.165, 1.54) is 5.56 Å². The summed E-state index contributed by atoms with van der Waals surface area (Å²) in [4.78, 5) is 27.0. The molecule has 2 atom stereocenters. The molecule has 1 aromatic carbocycles. The maximum absolute atomic E-state index is 13.0. The molecular formula is C17H22N2O2. The lowest BCUT2D eigenvalue weighted by atomic mass is 9.89. The van der Waals surface area contributed by atoms with Crippen LogP contribution in [0.15, 0.2) is 18.2 Å². The number of nitrogens with zero attached hydrogens (tertiary/aromatic N) is 1. The molecule has 4 heteroatoms. The van der Waals surface area contributed by atoms with Gasteiger partial charge in [0.25, 0.3) is 5.91 Å². The highest BCUT2D eigenvalue weighted by atomic mass is 16.2. The number of nitrogens with one attached hydrogen (secondary N) is 1. The van der Waals surface area contributed by atoms with E-state index in [1.54, 1.807) is 11.8 Å². The Morgan fingerprint density at radius 3 is 2.43 bits per heavy atom. The van der Waals surface area contributed by atoms with Crippen molar-refractivity contribution in [1.29, 1.82) is 0 Å². The summed E-state index contributed by atoms with van der Waals surface area (Å²) in [6.45, 7) is 7.72. The molecule has 4 nitrogen and oxygen atoms in total. The van der Waals surface area contributed by atoms with Gasteiger partial charge >= 0.3 is 0 Å². The van der Waals surface area contributed by atoms with Gasteiger partial charge in [-0.2, -0.15) is 0 Å². The first-order chi connectivity index (χ1) is 9.84. The van der Waals surface area contributed by atoms with Crippen LogP contribution in [0.4, 0.5) is 5.69 Å². The lowest BCUT2D eigenvalue weighted by molar-refractivity contribution is -0.138. The third-order valence-electron chi connectivity index (χ3n) is 4.98. The summed E-state index contributed by atoms with van der Waals surface area (Å²) in [6, 6.07) is 5.47. The number of amides is 2. The topological polar surface area (TPSA) is 49.4 Å². The predicted molar refractivity (Wildman–Crippen MR) is 82.1 cm³/mol. The molecule has 2 unspecified atom stereocenters. The van der Waals surface area contributed by atoms with E-state index in [-0.39, 0.29) is 17.7 Å². The average Bonchev–Trinajstić information content (AvgIpc) is 3.26. The van der Waals surface area contributed by atoms with Gasteiger partial charge in [0.1, 0.15) is 11.6 Å². The van der Waals surface area contributed by atoms with Gasteiger partial charge in [-0.25, -0.2) is 0 Å². The van der Waals surface area contributed by atoms with Crippen molar-refractivity contribution in [3.63, 3.8) is 0 Å². The SMILES string of the molecule is Cc1ccc(N2C(=O)C(C)(C3CC3)NC(=O)C2C)cc1C. The van der Waals surface area contributed by atoms with E-state index in [0.717, 1.165) is 24.1 Å². The molecular weight excluding hydrogens is 264 g/mol. The van der Waals surface area contributed by atoms with Crippen molar-refractivity contribution in [2.45, 2.75) is 52.1 Å². The Labute approximate surface area is 125 Å². The molecule has 3 rings (SSSR count). The van der Waals surface area contributed by atoms with E-state index in [2.05, 4.69) is 5.32 Å². The van der Waals surface area contributed by atoms with Crippen molar-refractivity contribution in [2.24, 2.45) is 5.92 Å². The van der Waals surface area contributed by atoms with E-state index in [1.807, 2.05) is 39.0 Å². The number of rotatable bonds is 2. The fraction of sp³-hybridized carbons (Fsp3) is 0.529. The lowest BCUT2D eigenvalue weighted by Gasteiger charge is -2.43. The molecule has 112 valence electrons. The van der Waals surface area contributed by atoms with Gasteiger partial charge in [0.05, 0.1) is 0 Å². The Morgan fingerprint density at radius 2 is 1.86 bits per heavy atom. The van der Waals surface area contributed by atoms with Gasteiger partial charge in [0.15, 0.2) is 0 Å². The molecule has 2 amide bonds. The average molecular weight is 286 g/mol. The van der Waals surface area contributed by atoms with Crippen LogP contribution in [0.5, 0.6) is 0 Å². The Morgan fingerprint density at radius 1 is 1.19 bits per heavy atom. The summed E-state index contributed by atoms with van der Waals surface area (Å²) in [5, 5.41) is 2.95. The molecule has 1 aliphatic heterocycles. The highest BCUT2D eigenvalue weighted by Crippen LogP contribution is 2.43. The molecule has 1 aromatic rings. The molecule has 2 aliphatic rings. The molecule has 0 spiro atoms. The van der Waals surface area contributed by atoms with Crippen LogP contribution in [0.1, 0.15) is 37.8 Å². The molecule has 1 aliphatic carbocycles. The number of piperazine rings is 1. The zero-order valence-corrected chi connectivity index (χ0v) is 13.1. The number of hydrogen-bond acceptors (Lipinski definition) is 2. The molecule has 1 heterocycles. The monoisotopic (exact) mass is 286 g/mol. The van der Waals surface area contributed by atoms with Crippen molar-refractivity contribution in [1.82, 2.24) is 5.32 Å². The normalized spacial score (nSPS) is 29.5. The smallest absolute Gasteiger partial charge is 0.253 e. The Kier molecular flexibility index (Phi) is 3.08. The first-order valence-electron chi connectivity index (χ1n) is 7.57. The summed E-state index contributed by atoms with van der Waals surface area (Å²) >= 11 is 0.